The Morgan fingerprint density at radius 2 is 1.91 bits per heavy atom. The summed E-state index contributed by atoms with van der Waals surface area (Å²) in [5, 5.41) is 1.88. The van der Waals surface area contributed by atoms with E-state index < -0.39 is 46.8 Å². The minimum atomic E-state index is -4.71. The fourth-order valence-electron chi connectivity index (χ4n) is 4.09. The summed E-state index contributed by atoms with van der Waals surface area (Å²) < 4.78 is 55.4. The summed E-state index contributed by atoms with van der Waals surface area (Å²) >= 11 is 5.63. The smallest absolute Gasteiger partial charge is 0.417 e. The lowest BCUT2D eigenvalue weighted by molar-refractivity contribution is -0.144. The number of benzene rings is 2. The van der Waals surface area contributed by atoms with Crippen LogP contribution in [0.5, 0.6) is 11.5 Å². The molecule has 0 radical (unpaired) electrons. The SMILES string of the molecule is COc1ccc2c(c1OC)C(=O)O[C@@H]2N1C(=O)CC[C@@H]1C(=O)Nc1ccc(Cl)c(C(F)(F)F)c1. The molecule has 0 unspecified atom stereocenters. The van der Waals surface area contributed by atoms with E-state index in [2.05, 4.69) is 5.32 Å². The number of hydrogen-bond donors (Lipinski definition) is 1. The van der Waals surface area contributed by atoms with Crippen molar-refractivity contribution in [3.05, 3.63) is 52.0 Å². The number of nitrogens with zero attached hydrogens (tertiary/aromatic N) is 1. The summed E-state index contributed by atoms with van der Waals surface area (Å²) in [6.07, 6.45) is -5.84. The first-order valence-electron chi connectivity index (χ1n) is 10.0. The van der Waals surface area contributed by atoms with Crippen LogP contribution >= 0.6 is 11.6 Å². The van der Waals surface area contributed by atoms with Crippen molar-refractivity contribution >= 4 is 35.1 Å². The topological polar surface area (TPSA) is 94.2 Å². The van der Waals surface area contributed by atoms with Crippen LogP contribution in [0, 0.1) is 0 Å². The Balaban J connectivity index is 1.64. The molecule has 1 fully saturated rings. The monoisotopic (exact) mass is 498 g/mol. The molecule has 1 N–H and O–H groups in total. The van der Waals surface area contributed by atoms with Crippen LogP contribution in [0.2, 0.25) is 5.02 Å². The number of rotatable bonds is 5. The molecule has 2 aromatic rings. The zero-order valence-electron chi connectivity index (χ0n) is 17.9. The van der Waals surface area contributed by atoms with Gasteiger partial charge < -0.3 is 19.5 Å². The van der Waals surface area contributed by atoms with Crippen molar-refractivity contribution in [1.29, 1.82) is 0 Å². The van der Waals surface area contributed by atoms with Gasteiger partial charge in [-0.1, -0.05) is 11.6 Å². The van der Waals surface area contributed by atoms with Crippen molar-refractivity contribution in [2.75, 3.05) is 19.5 Å². The molecular weight excluding hydrogens is 481 g/mol. The van der Waals surface area contributed by atoms with Gasteiger partial charge in [-0.25, -0.2) is 4.79 Å². The van der Waals surface area contributed by atoms with E-state index in [0.29, 0.717) is 11.6 Å². The van der Waals surface area contributed by atoms with E-state index >= 15 is 0 Å². The second kappa shape index (κ2) is 8.71. The average molecular weight is 499 g/mol. The number of alkyl halides is 3. The third-order valence-corrected chi connectivity index (χ3v) is 5.95. The van der Waals surface area contributed by atoms with Crippen LogP contribution in [0.1, 0.15) is 40.6 Å². The number of anilines is 1. The zero-order chi connectivity index (χ0) is 24.8. The molecular formula is C22H18ClF3N2O6. The van der Waals surface area contributed by atoms with Crippen LogP contribution in [0.4, 0.5) is 18.9 Å². The van der Waals surface area contributed by atoms with E-state index in [1.165, 1.54) is 32.4 Å². The number of cyclic esters (lactones) is 1. The zero-order valence-corrected chi connectivity index (χ0v) is 18.6. The van der Waals surface area contributed by atoms with Crippen molar-refractivity contribution in [3.8, 4) is 11.5 Å². The number of carbonyl (C=O) groups is 3. The Hall–Kier alpha value is -3.47. The van der Waals surface area contributed by atoms with Crippen molar-refractivity contribution in [1.82, 2.24) is 4.90 Å². The number of fused-ring (bicyclic) bond motifs is 1. The third-order valence-electron chi connectivity index (χ3n) is 5.62. The number of likely N-dealkylation sites (tertiary alicyclic amines) is 1. The van der Waals surface area contributed by atoms with Crippen molar-refractivity contribution in [2.45, 2.75) is 31.3 Å². The Morgan fingerprint density at radius 1 is 1.18 bits per heavy atom. The van der Waals surface area contributed by atoms with Gasteiger partial charge in [-0.2, -0.15) is 13.2 Å². The van der Waals surface area contributed by atoms with Crippen LogP contribution < -0.4 is 14.8 Å². The van der Waals surface area contributed by atoms with Gasteiger partial charge in [-0.3, -0.25) is 14.5 Å². The van der Waals surface area contributed by atoms with Crippen molar-refractivity contribution in [3.63, 3.8) is 0 Å². The quantitative estimate of drug-likeness (QED) is 0.622. The minimum Gasteiger partial charge on any atom is -0.493 e. The van der Waals surface area contributed by atoms with Gasteiger partial charge in [0.25, 0.3) is 0 Å². The maximum absolute atomic E-state index is 13.2. The first-order chi connectivity index (χ1) is 16.1. The Labute approximate surface area is 196 Å². The standard InChI is InChI=1S/C22H18ClF3N2O6/c1-32-15-7-4-11-17(18(15)33-2)21(31)34-20(11)28-14(6-8-16(28)29)19(30)27-10-3-5-13(23)12(9-10)22(24,25)26/h3-5,7,9,14,20H,6,8H2,1-2H3,(H,27,30)/t14-,20+/m1/s1. The summed E-state index contributed by atoms with van der Waals surface area (Å²) in [5.41, 5.74) is -0.873. The van der Waals surface area contributed by atoms with Gasteiger partial charge in [0.05, 0.1) is 24.8 Å². The predicted octanol–water partition coefficient (Wildman–Crippen LogP) is 4.17. The van der Waals surface area contributed by atoms with Gasteiger partial charge in [0, 0.05) is 17.7 Å². The van der Waals surface area contributed by atoms with Crippen LogP contribution in [-0.4, -0.2) is 42.9 Å². The van der Waals surface area contributed by atoms with Crippen molar-refractivity contribution < 1.29 is 41.8 Å². The van der Waals surface area contributed by atoms with Gasteiger partial charge in [0.1, 0.15) is 11.6 Å². The van der Waals surface area contributed by atoms with E-state index in [9.17, 15) is 27.6 Å². The first kappa shape index (κ1) is 23.7. The van der Waals surface area contributed by atoms with Crippen molar-refractivity contribution in [2.24, 2.45) is 0 Å². The molecule has 0 spiro atoms. The third kappa shape index (κ3) is 4.00. The van der Waals surface area contributed by atoms with Crippen LogP contribution in [0.15, 0.2) is 30.3 Å². The molecule has 1 saturated heterocycles. The van der Waals surface area contributed by atoms with Gasteiger partial charge in [0.2, 0.25) is 18.0 Å². The summed E-state index contributed by atoms with van der Waals surface area (Å²) in [7, 11) is 2.74. The molecule has 0 bridgehead atoms. The second-order valence-electron chi connectivity index (χ2n) is 7.56. The molecule has 0 aliphatic carbocycles. The number of nitrogens with one attached hydrogen (secondary N) is 1. The lowest BCUT2D eigenvalue weighted by atomic mass is 10.0. The van der Waals surface area contributed by atoms with E-state index in [4.69, 9.17) is 25.8 Å². The molecule has 2 aliphatic rings. The average Bonchev–Trinajstić information content (AvgIpc) is 3.33. The number of methoxy groups -OCH3 is 2. The lowest BCUT2D eigenvalue weighted by Crippen LogP contribution is -2.43. The number of ether oxygens (including phenoxy) is 3. The molecule has 8 nitrogen and oxygen atoms in total. The van der Waals surface area contributed by atoms with E-state index in [0.717, 1.165) is 11.0 Å². The molecule has 2 heterocycles. The van der Waals surface area contributed by atoms with Gasteiger partial charge >= 0.3 is 12.1 Å². The molecule has 2 aliphatic heterocycles. The Morgan fingerprint density at radius 3 is 2.56 bits per heavy atom. The summed E-state index contributed by atoms with van der Waals surface area (Å²) in [6, 6.07) is 4.93. The summed E-state index contributed by atoms with van der Waals surface area (Å²) in [4.78, 5) is 39.4. The second-order valence-corrected chi connectivity index (χ2v) is 7.97. The molecule has 34 heavy (non-hydrogen) atoms. The van der Waals surface area contributed by atoms with Gasteiger partial charge in [-0.15, -0.1) is 0 Å². The maximum atomic E-state index is 13.2. The number of hydrogen-bond acceptors (Lipinski definition) is 6. The molecule has 4 rings (SSSR count). The predicted molar refractivity (Wildman–Crippen MR) is 113 cm³/mol. The lowest BCUT2D eigenvalue weighted by Gasteiger charge is -2.29. The fraction of sp³-hybridized carbons (Fsp3) is 0.318. The molecule has 2 aromatic carbocycles. The highest BCUT2D eigenvalue weighted by Crippen LogP contribution is 2.45. The number of amides is 2. The van der Waals surface area contributed by atoms with E-state index in [-0.39, 0.29) is 35.6 Å². The number of halogens is 4. The van der Waals surface area contributed by atoms with Gasteiger partial charge in [0.15, 0.2) is 11.5 Å². The minimum absolute atomic E-state index is 0.0107. The fourth-order valence-corrected chi connectivity index (χ4v) is 4.31. The van der Waals surface area contributed by atoms with Gasteiger partial charge in [-0.05, 0) is 36.8 Å². The van der Waals surface area contributed by atoms with E-state index in [1.54, 1.807) is 0 Å². The van der Waals surface area contributed by atoms with Crippen LogP contribution in [0.3, 0.4) is 0 Å². The molecule has 0 saturated carbocycles. The Bertz CT molecular complexity index is 1190. The summed E-state index contributed by atoms with van der Waals surface area (Å²) in [6.45, 7) is 0. The Kier molecular flexibility index (Phi) is 6.07. The molecule has 180 valence electrons. The normalized spacial score (nSPS) is 19.6. The highest BCUT2D eigenvalue weighted by atomic mass is 35.5. The number of carbonyl (C=O) groups excluding carboxylic acids is 3. The van der Waals surface area contributed by atoms with Crippen LogP contribution in [0.25, 0.3) is 0 Å². The van der Waals surface area contributed by atoms with E-state index in [1.807, 2.05) is 0 Å². The maximum Gasteiger partial charge on any atom is 0.417 e. The highest BCUT2D eigenvalue weighted by Gasteiger charge is 2.48. The number of esters is 1. The molecule has 0 aromatic heterocycles. The largest absolute Gasteiger partial charge is 0.493 e. The first-order valence-corrected chi connectivity index (χ1v) is 10.4. The van der Waals surface area contributed by atoms with Crippen LogP contribution in [-0.2, 0) is 20.5 Å². The highest BCUT2D eigenvalue weighted by molar-refractivity contribution is 6.31. The molecule has 2 atom stereocenters. The summed E-state index contributed by atoms with van der Waals surface area (Å²) in [5.74, 6) is -1.54. The molecule has 12 heteroatoms. The molecule has 2 amide bonds.